The van der Waals surface area contributed by atoms with Gasteiger partial charge in [0.15, 0.2) is 40.3 Å². The van der Waals surface area contributed by atoms with Gasteiger partial charge in [-0.05, 0) is 0 Å². The second-order valence-electron chi connectivity index (χ2n) is 15.7. The van der Waals surface area contributed by atoms with Gasteiger partial charge in [-0.2, -0.15) is 10.0 Å². The van der Waals surface area contributed by atoms with Crippen LogP contribution >= 0.6 is 0 Å². The summed E-state index contributed by atoms with van der Waals surface area (Å²) in [5.74, 6) is 45.3. The minimum absolute atomic E-state index is 0.0979. The van der Waals surface area contributed by atoms with Gasteiger partial charge in [0, 0.05) is 0 Å². The van der Waals surface area contributed by atoms with Crippen molar-refractivity contribution in [1.29, 1.82) is 0 Å². The van der Waals surface area contributed by atoms with Gasteiger partial charge in [-0.25, -0.2) is 106 Å². The molecule has 9 saturated heterocycles. The SMILES string of the molecule is C1N2CN3CN1CN(C2)C3.NN.NN1CN(N)CN(N)C1.NN1CN(N)CN([N+](=O)[O-])C1.NN1CN([N+](=O)[O-])CN([N+](=O)[O-])C1.NN1CN([N+](=O)[O-])CN([N+](=O)[O-])C1.O=[N+]([O-])N1CN([N+](=O)[O-])CN([N+](=O)[O-])C1. The number of rotatable bonds is 8. The molecule has 9 aliphatic heterocycles. The normalized spacial score (nSPS) is 24.7. The molecule has 52 nitrogen and oxygen atoms in total. The van der Waals surface area contributed by atoms with Crippen molar-refractivity contribution in [1.82, 2.24) is 94.7 Å². The van der Waals surface area contributed by atoms with Crippen LogP contribution in [-0.4, -0.2) is 275 Å². The molecule has 9 aliphatic rings. The Morgan fingerprint density at radius 2 is 0.315 bits per heavy atom. The molecule has 52 heteroatoms. The molecule has 4 bridgehead atoms. The molecule has 0 radical (unpaired) electrons. The van der Waals surface area contributed by atoms with Crippen molar-refractivity contribution in [2.24, 2.45) is 52.6 Å². The first-order valence-corrected chi connectivity index (χ1v) is 19.9. The monoisotopic (exact) mass is 1070 g/mol. The number of nitrogens with zero attached hydrogens (tertiary/aromatic N) is 27. The smallest absolute Gasteiger partial charge is 0.212 e. The zero-order valence-electron chi connectivity index (χ0n) is 38.7. The first kappa shape index (κ1) is 61.9. The third-order valence-corrected chi connectivity index (χ3v) is 9.40. The van der Waals surface area contributed by atoms with Gasteiger partial charge in [-0.15, -0.1) is 0 Å². The maximum Gasteiger partial charge on any atom is 0.212 e. The molecule has 0 aromatic heterocycles. The van der Waals surface area contributed by atoms with Crippen molar-refractivity contribution >= 4 is 0 Å². The first-order chi connectivity index (χ1) is 34.1. The van der Waals surface area contributed by atoms with Crippen molar-refractivity contribution in [3.8, 4) is 0 Å². The number of hydrogen-bond acceptors (Lipinski definition) is 36. The van der Waals surface area contributed by atoms with E-state index in [1.807, 2.05) is 0 Å². The molecule has 9 fully saturated rings. The molecule has 18 N–H and O–H groups in total. The lowest BCUT2D eigenvalue weighted by Gasteiger charge is -2.56. The van der Waals surface area contributed by atoms with E-state index < -0.39 is 60.3 Å². The molecule has 0 atom stereocenters. The van der Waals surface area contributed by atoms with E-state index >= 15 is 0 Å². The van der Waals surface area contributed by atoms with Crippen LogP contribution in [0.1, 0.15) is 0 Å². The van der Waals surface area contributed by atoms with E-state index in [1.165, 1.54) is 65.1 Å². The van der Waals surface area contributed by atoms with Gasteiger partial charge in [-0.3, -0.25) is 72.2 Å². The van der Waals surface area contributed by atoms with Crippen LogP contribution in [0.3, 0.4) is 0 Å². The minimum Gasteiger partial charge on any atom is -0.274 e. The Morgan fingerprint density at radius 1 is 0.205 bits per heavy atom. The molecule has 0 aliphatic carbocycles. The Labute approximate surface area is 408 Å². The standard InChI is InChI=1S/C6H12N4.C3H6N6O6.2C3H8N6O4.C3H10N6O2.C3H12N6.H4N2/c1-7-2-9-4-8(1)5-10(3-7)6-9;10-7(11)4-1-5(8(12)13)3-6(2-4)9(14)15;2*4-5-1-6(8(10)11)3-7(2-5)9(12)13;4-6-1-7(5)3-8(2-6)9(10)11;4-7-1-8(5)3-9(6)2-7;1-2/h1-6H2;1-3H2;2*1-4H2;1-5H2;1-6H2;1-2H2. The summed E-state index contributed by atoms with van der Waals surface area (Å²) in [5.41, 5.74) is 0. The predicted molar refractivity (Wildman–Crippen MR) is 231 cm³/mol. The maximum absolute atomic E-state index is 10.3. The van der Waals surface area contributed by atoms with Gasteiger partial charge >= 0.3 is 0 Å². The summed E-state index contributed by atoms with van der Waals surface area (Å²) >= 11 is 0. The highest BCUT2D eigenvalue weighted by atomic mass is 16.7. The van der Waals surface area contributed by atoms with Gasteiger partial charge in [0.1, 0.15) is 40.0 Å². The lowest BCUT2D eigenvalue weighted by atomic mass is 10.4. The largest absolute Gasteiger partial charge is 0.274 e. The van der Waals surface area contributed by atoms with E-state index in [2.05, 4.69) is 31.3 Å². The summed E-state index contributed by atoms with van der Waals surface area (Å²) in [7, 11) is 0. The zero-order chi connectivity index (χ0) is 55.4. The third-order valence-electron chi connectivity index (χ3n) is 9.40. The highest BCUT2D eigenvalue weighted by Gasteiger charge is 2.40. The molecule has 0 saturated carbocycles. The van der Waals surface area contributed by atoms with Crippen LogP contribution in [0.25, 0.3) is 0 Å². The molecule has 0 aromatic rings. The molecule has 0 amide bonds. The summed E-state index contributed by atoms with van der Waals surface area (Å²) in [6.45, 7) is 6.32. The molecule has 73 heavy (non-hydrogen) atoms. The molecule has 0 spiro atoms. The van der Waals surface area contributed by atoms with Gasteiger partial charge < -0.3 is 0 Å². The second-order valence-corrected chi connectivity index (χ2v) is 15.7. The highest BCUT2D eigenvalue weighted by molar-refractivity contribution is 4.80. The summed E-state index contributed by atoms with van der Waals surface area (Å²) < 4.78 is 0. The van der Waals surface area contributed by atoms with Crippen LogP contribution in [-0.2, 0) is 0 Å². The Balaban J connectivity index is 0.000000300. The van der Waals surface area contributed by atoms with Crippen molar-refractivity contribution in [2.45, 2.75) is 0 Å². The molecule has 0 aromatic carbocycles. The van der Waals surface area contributed by atoms with E-state index in [0.717, 1.165) is 15.0 Å². The van der Waals surface area contributed by atoms with Crippen LogP contribution in [0.15, 0.2) is 0 Å². The van der Waals surface area contributed by atoms with Crippen LogP contribution in [0.4, 0.5) is 0 Å². The number of hydrogen-bond donors (Lipinski definition) is 9. The Kier molecular flexibility index (Phi) is 24.9. The lowest BCUT2D eigenvalue weighted by molar-refractivity contribution is -0.775. The van der Waals surface area contributed by atoms with Crippen LogP contribution in [0, 0.1) is 80.9 Å². The summed E-state index contributed by atoms with van der Waals surface area (Å²) in [5, 5.41) is 89.7. The van der Waals surface area contributed by atoms with E-state index in [9.17, 15) is 80.9 Å². The number of hydrazine groups is 16. The van der Waals surface area contributed by atoms with Crippen molar-refractivity contribution in [3.05, 3.63) is 80.9 Å². The summed E-state index contributed by atoms with van der Waals surface area (Å²) in [4.78, 5) is 92.1. The van der Waals surface area contributed by atoms with Crippen molar-refractivity contribution < 1.29 is 40.3 Å². The average molecular weight is 1070 g/mol. The quantitative estimate of drug-likeness (QED) is 0.0619. The molecular weight excluding hydrogens is 1010 g/mol. The van der Waals surface area contributed by atoms with Crippen molar-refractivity contribution in [2.75, 3.05) is 140 Å². The highest BCUT2D eigenvalue weighted by Crippen LogP contribution is 2.20. The van der Waals surface area contributed by atoms with Crippen molar-refractivity contribution in [3.63, 3.8) is 0 Å². The van der Waals surface area contributed by atoms with E-state index in [1.54, 1.807) is 0 Å². The predicted octanol–water partition coefficient (Wildman–Crippen LogP) is -12.7. The lowest BCUT2D eigenvalue weighted by Crippen LogP contribution is -2.71. The topological polar surface area (TPSA) is 641 Å². The first-order valence-electron chi connectivity index (χ1n) is 19.9. The molecule has 420 valence electrons. The average Bonchev–Trinajstić information content (AvgIpc) is 3.29. The molecule has 9 rings (SSSR count). The Morgan fingerprint density at radius 3 is 0.466 bits per heavy atom. The van der Waals surface area contributed by atoms with Gasteiger partial charge in [0.2, 0.25) is 33.3 Å². The number of nitro groups is 8. The fourth-order valence-electron chi connectivity index (χ4n) is 6.86. The third kappa shape index (κ3) is 21.6. The fraction of sp³-hybridized carbons (Fsp3) is 1.00. The Bertz CT molecular complexity index is 1600. The van der Waals surface area contributed by atoms with Crippen LogP contribution in [0.2, 0.25) is 0 Å². The van der Waals surface area contributed by atoms with Gasteiger partial charge in [0.25, 0.3) is 0 Å². The van der Waals surface area contributed by atoms with E-state index in [-0.39, 0.29) is 53.3 Å². The number of nitrogens with two attached hydrogens (primary N) is 9. The van der Waals surface area contributed by atoms with Crippen LogP contribution in [0.5, 0.6) is 0 Å². The minimum atomic E-state index is -0.924. The van der Waals surface area contributed by atoms with E-state index in [0.29, 0.717) is 61.7 Å². The molecule has 9 heterocycles. The van der Waals surface area contributed by atoms with Crippen LogP contribution < -0.4 is 52.6 Å². The maximum atomic E-state index is 10.3. The summed E-state index contributed by atoms with van der Waals surface area (Å²) in [6, 6.07) is 0. The molecular formula is C21H60N36O16. The summed E-state index contributed by atoms with van der Waals surface area (Å²) in [6.07, 6.45) is 0. The zero-order valence-corrected chi connectivity index (χ0v) is 38.7. The Hall–Kier alpha value is -7.20. The molecule has 0 unspecified atom stereocenters. The van der Waals surface area contributed by atoms with Gasteiger partial charge in [0.05, 0.1) is 66.7 Å². The fourth-order valence-corrected chi connectivity index (χ4v) is 6.86. The second kappa shape index (κ2) is 29.3. The van der Waals surface area contributed by atoms with Gasteiger partial charge in [-0.1, -0.05) is 40.1 Å². The van der Waals surface area contributed by atoms with E-state index in [4.69, 9.17) is 40.9 Å².